The van der Waals surface area contributed by atoms with Gasteiger partial charge in [-0.1, -0.05) is 19.9 Å². The van der Waals surface area contributed by atoms with E-state index in [1.165, 1.54) is 11.3 Å². The fourth-order valence-electron chi connectivity index (χ4n) is 1.64. The van der Waals surface area contributed by atoms with E-state index in [9.17, 15) is 9.90 Å². The zero-order valence-electron chi connectivity index (χ0n) is 10.3. The molecule has 0 aliphatic heterocycles. The predicted octanol–water partition coefficient (Wildman–Crippen LogP) is 3.10. The number of nitrogens with zero attached hydrogens (tertiary/aromatic N) is 2. The predicted molar refractivity (Wildman–Crippen MR) is 70.8 cm³/mol. The number of carboxylic acids is 1. The maximum atomic E-state index is 11.2. The fourth-order valence-corrected chi connectivity index (χ4v) is 2.55. The van der Waals surface area contributed by atoms with Gasteiger partial charge in [-0.3, -0.25) is 4.98 Å². The first-order chi connectivity index (χ1) is 8.58. The quantitative estimate of drug-likeness (QED) is 0.919. The Morgan fingerprint density at radius 1 is 1.44 bits per heavy atom. The minimum atomic E-state index is -0.912. The molecule has 4 nitrogen and oxygen atoms in total. The molecule has 0 saturated carbocycles. The summed E-state index contributed by atoms with van der Waals surface area (Å²) in [6.07, 6.45) is 2.35. The number of aromatic nitrogens is 2. The number of hydrogen-bond donors (Lipinski definition) is 1. The summed E-state index contributed by atoms with van der Waals surface area (Å²) in [5, 5.41) is 9.86. The van der Waals surface area contributed by atoms with Gasteiger partial charge < -0.3 is 5.11 Å². The Kier molecular flexibility index (Phi) is 3.72. The average Bonchev–Trinajstić information content (AvgIpc) is 2.73. The van der Waals surface area contributed by atoms with Crippen molar-refractivity contribution in [1.82, 2.24) is 9.97 Å². The number of pyridine rings is 1. The molecule has 0 amide bonds. The van der Waals surface area contributed by atoms with Gasteiger partial charge in [0.25, 0.3) is 0 Å². The van der Waals surface area contributed by atoms with Crippen molar-refractivity contribution in [2.45, 2.75) is 20.3 Å². The van der Waals surface area contributed by atoms with E-state index in [0.29, 0.717) is 27.9 Å². The van der Waals surface area contributed by atoms with Crippen molar-refractivity contribution in [3.63, 3.8) is 0 Å². The summed E-state index contributed by atoms with van der Waals surface area (Å²) >= 11 is 1.19. The highest BCUT2D eigenvalue weighted by molar-refractivity contribution is 7.17. The summed E-state index contributed by atoms with van der Waals surface area (Å²) in [6.45, 7) is 4.09. The summed E-state index contributed by atoms with van der Waals surface area (Å²) in [5.41, 5.74) is 1.38. The number of hydrogen-bond acceptors (Lipinski definition) is 4. The first-order valence-corrected chi connectivity index (χ1v) is 6.54. The van der Waals surface area contributed by atoms with E-state index in [4.69, 9.17) is 0 Å². The van der Waals surface area contributed by atoms with Crippen LogP contribution >= 0.6 is 11.3 Å². The van der Waals surface area contributed by atoms with Crippen molar-refractivity contribution < 1.29 is 9.90 Å². The van der Waals surface area contributed by atoms with Crippen LogP contribution in [0.2, 0.25) is 0 Å². The van der Waals surface area contributed by atoms with E-state index in [-0.39, 0.29) is 0 Å². The molecule has 2 aromatic heterocycles. The molecular formula is C13H14N2O2S. The number of rotatable bonds is 4. The van der Waals surface area contributed by atoms with E-state index in [1.54, 1.807) is 6.20 Å². The molecule has 18 heavy (non-hydrogen) atoms. The van der Waals surface area contributed by atoms with Crippen LogP contribution in [0.25, 0.3) is 10.7 Å². The van der Waals surface area contributed by atoms with Crippen LogP contribution in [-0.2, 0) is 6.42 Å². The molecule has 0 bridgehead atoms. The maximum absolute atomic E-state index is 11.2. The van der Waals surface area contributed by atoms with Gasteiger partial charge in [-0.05, 0) is 24.5 Å². The first-order valence-electron chi connectivity index (χ1n) is 5.72. The number of carbonyl (C=O) groups is 1. The van der Waals surface area contributed by atoms with Gasteiger partial charge in [-0.15, -0.1) is 11.3 Å². The van der Waals surface area contributed by atoms with Gasteiger partial charge in [0.2, 0.25) is 0 Å². The van der Waals surface area contributed by atoms with Gasteiger partial charge in [0.1, 0.15) is 9.88 Å². The van der Waals surface area contributed by atoms with Gasteiger partial charge in [0.15, 0.2) is 0 Å². The summed E-state index contributed by atoms with van der Waals surface area (Å²) in [4.78, 5) is 20.1. The molecule has 0 fully saturated rings. The second-order valence-corrected chi connectivity index (χ2v) is 5.41. The zero-order chi connectivity index (χ0) is 13.1. The Morgan fingerprint density at radius 3 is 2.78 bits per heavy atom. The van der Waals surface area contributed by atoms with Crippen molar-refractivity contribution in [3.8, 4) is 10.7 Å². The Balaban J connectivity index is 2.42. The number of thiazole rings is 1. The molecule has 0 radical (unpaired) electrons. The lowest BCUT2D eigenvalue weighted by molar-refractivity contribution is 0.0700. The minimum Gasteiger partial charge on any atom is -0.477 e. The van der Waals surface area contributed by atoms with Crippen molar-refractivity contribution in [1.29, 1.82) is 0 Å². The van der Waals surface area contributed by atoms with Crippen LogP contribution in [0.15, 0.2) is 24.4 Å². The van der Waals surface area contributed by atoms with Crippen LogP contribution in [0.3, 0.4) is 0 Å². The smallest absolute Gasteiger partial charge is 0.347 e. The third-order valence-electron chi connectivity index (χ3n) is 2.38. The Bertz CT molecular complexity index is 549. The highest BCUT2D eigenvalue weighted by Crippen LogP contribution is 2.28. The minimum absolute atomic E-state index is 0.323. The number of aromatic carboxylic acids is 1. The number of carboxylic acid groups (broad SMARTS) is 1. The average molecular weight is 262 g/mol. The molecule has 94 valence electrons. The molecule has 0 spiro atoms. The van der Waals surface area contributed by atoms with E-state index >= 15 is 0 Å². The van der Waals surface area contributed by atoms with E-state index < -0.39 is 5.97 Å². The molecule has 2 rings (SSSR count). The van der Waals surface area contributed by atoms with Crippen LogP contribution in [0.5, 0.6) is 0 Å². The molecule has 0 aliphatic carbocycles. The van der Waals surface area contributed by atoms with Crippen molar-refractivity contribution >= 4 is 17.3 Å². The fraction of sp³-hybridized carbons (Fsp3) is 0.308. The zero-order valence-corrected chi connectivity index (χ0v) is 11.1. The lowest BCUT2D eigenvalue weighted by atomic mass is 10.1. The van der Waals surface area contributed by atoms with E-state index in [2.05, 4.69) is 9.97 Å². The lowest BCUT2D eigenvalue weighted by Crippen LogP contribution is -2.02. The molecular weight excluding hydrogens is 248 g/mol. The van der Waals surface area contributed by atoms with Crippen LogP contribution in [-0.4, -0.2) is 21.0 Å². The highest BCUT2D eigenvalue weighted by Gasteiger charge is 2.19. The van der Waals surface area contributed by atoms with Crippen molar-refractivity contribution in [3.05, 3.63) is 35.0 Å². The van der Waals surface area contributed by atoms with Gasteiger partial charge >= 0.3 is 5.97 Å². The van der Waals surface area contributed by atoms with Gasteiger partial charge in [0, 0.05) is 6.20 Å². The second-order valence-electron chi connectivity index (χ2n) is 4.41. The molecule has 5 heteroatoms. The standard InChI is InChI=1S/C13H14N2O2S/c1-8(2)7-10-11(13(16)17)18-12(15-10)9-5-3-4-6-14-9/h3-6,8H,7H2,1-2H3,(H,16,17). The van der Waals surface area contributed by atoms with Crippen LogP contribution in [0.1, 0.15) is 29.2 Å². The molecule has 0 aromatic carbocycles. The summed E-state index contributed by atoms with van der Waals surface area (Å²) in [6, 6.07) is 5.53. The maximum Gasteiger partial charge on any atom is 0.347 e. The monoisotopic (exact) mass is 262 g/mol. The largest absolute Gasteiger partial charge is 0.477 e. The highest BCUT2D eigenvalue weighted by atomic mass is 32.1. The molecule has 0 atom stereocenters. The normalized spacial score (nSPS) is 10.8. The molecule has 1 N–H and O–H groups in total. The second kappa shape index (κ2) is 5.27. The lowest BCUT2D eigenvalue weighted by Gasteiger charge is -2.01. The third kappa shape index (κ3) is 2.73. The molecule has 2 heterocycles. The summed E-state index contributed by atoms with van der Waals surface area (Å²) in [7, 11) is 0. The van der Waals surface area contributed by atoms with Gasteiger partial charge in [-0.25, -0.2) is 9.78 Å². The third-order valence-corrected chi connectivity index (χ3v) is 3.49. The van der Waals surface area contributed by atoms with Crippen molar-refractivity contribution in [2.75, 3.05) is 0 Å². The summed E-state index contributed by atoms with van der Waals surface area (Å²) in [5.74, 6) is -0.535. The van der Waals surface area contributed by atoms with Crippen molar-refractivity contribution in [2.24, 2.45) is 5.92 Å². The summed E-state index contributed by atoms with van der Waals surface area (Å²) < 4.78 is 0. The first kappa shape index (κ1) is 12.7. The SMILES string of the molecule is CC(C)Cc1nc(-c2ccccn2)sc1C(=O)O. The Labute approximate surface area is 109 Å². The van der Waals surface area contributed by atoms with Gasteiger partial charge in [-0.2, -0.15) is 0 Å². The topological polar surface area (TPSA) is 63.1 Å². The molecule has 2 aromatic rings. The Hall–Kier alpha value is -1.75. The molecule has 0 saturated heterocycles. The molecule has 0 unspecified atom stereocenters. The van der Waals surface area contributed by atoms with E-state index in [0.717, 1.165) is 5.69 Å². The van der Waals surface area contributed by atoms with Gasteiger partial charge in [0.05, 0.1) is 11.4 Å². The van der Waals surface area contributed by atoms with Crippen LogP contribution in [0.4, 0.5) is 0 Å². The van der Waals surface area contributed by atoms with E-state index in [1.807, 2.05) is 32.0 Å². The van der Waals surface area contributed by atoms with Crippen LogP contribution < -0.4 is 0 Å². The van der Waals surface area contributed by atoms with Crippen LogP contribution in [0, 0.1) is 5.92 Å². The Morgan fingerprint density at radius 2 is 2.22 bits per heavy atom. The molecule has 0 aliphatic rings.